The van der Waals surface area contributed by atoms with Crippen molar-refractivity contribution >= 4 is 46.6 Å². The molecule has 5 fully saturated rings. The molecule has 1 aromatic carbocycles. The van der Waals surface area contributed by atoms with Crippen LogP contribution in [0.1, 0.15) is 131 Å². The van der Waals surface area contributed by atoms with Crippen molar-refractivity contribution in [3.63, 3.8) is 0 Å². The molecular formula is C61H94FN5O20. The third-order valence-electron chi connectivity index (χ3n) is 18.0. The smallest absolute Gasteiger partial charge is 0.477 e. The van der Waals surface area contributed by atoms with E-state index in [0.717, 1.165) is 18.9 Å². The number of esters is 2. The van der Waals surface area contributed by atoms with Crippen molar-refractivity contribution in [1.29, 1.82) is 0 Å². The zero-order valence-corrected chi connectivity index (χ0v) is 52.9. The second kappa shape index (κ2) is 29.2. The van der Waals surface area contributed by atoms with Crippen molar-refractivity contribution in [3.05, 3.63) is 39.9 Å². The summed E-state index contributed by atoms with van der Waals surface area (Å²) in [5.41, 5.74) is -4.90. The van der Waals surface area contributed by atoms with Gasteiger partial charge in [-0.15, -0.1) is 0 Å². The van der Waals surface area contributed by atoms with E-state index in [2.05, 4.69) is 10.6 Å². The molecule has 0 spiro atoms. The number of carbonyl (C=O) groups is 5. The number of anilines is 1. The van der Waals surface area contributed by atoms with Crippen LogP contribution in [0.5, 0.6) is 0 Å². The minimum Gasteiger partial charge on any atom is -0.477 e. The maximum atomic E-state index is 15.1. The molecule has 1 aliphatic carbocycles. The molecule has 5 N–H and O–H groups in total. The van der Waals surface area contributed by atoms with Gasteiger partial charge in [0.15, 0.2) is 30.4 Å². The van der Waals surface area contributed by atoms with Crippen LogP contribution in [0.15, 0.2) is 23.1 Å². The summed E-state index contributed by atoms with van der Waals surface area (Å²) in [5, 5.41) is 39.7. The fourth-order valence-electron chi connectivity index (χ4n) is 13.1. The van der Waals surface area contributed by atoms with Crippen molar-refractivity contribution < 1.29 is 95.8 Å². The molecule has 4 aliphatic heterocycles. The Bertz CT molecular complexity index is 2790. The molecular weight excluding hydrogens is 1140 g/mol. The topological polar surface area (TPSA) is 300 Å². The molecule has 26 heteroatoms. The lowest BCUT2D eigenvalue weighted by Crippen LogP contribution is -2.61. The number of amides is 1. The van der Waals surface area contributed by atoms with Gasteiger partial charge in [-0.1, -0.05) is 20.8 Å². The van der Waals surface area contributed by atoms with E-state index in [1.165, 1.54) is 19.4 Å². The fraction of sp³-hybridized carbons (Fsp3) is 0.770. The number of hydrogen-bond acceptors (Lipinski definition) is 22. The van der Waals surface area contributed by atoms with Gasteiger partial charge in [-0.2, -0.15) is 0 Å². The molecule has 87 heavy (non-hydrogen) atoms. The van der Waals surface area contributed by atoms with Crippen molar-refractivity contribution in [1.82, 2.24) is 19.7 Å². The van der Waals surface area contributed by atoms with E-state index in [-0.39, 0.29) is 93.8 Å². The van der Waals surface area contributed by atoms with Crippen LogP contribution in [0.4, 0.5) is 14.9 Å². The highest BCUT2D eigenvalue weighted by molar-refractivity contribution is 5.93. The molecule has 25 nitrogen and oxygen atoms in total. The monoisotopic (exact) mass is 1240 g/mol. The Balaban J connectivity index is 0.960. The summed E-state index contributed by atoms with van der Waals surface area (Å²) in [6.45, 7) is 18.4. The van der Waals surface area contributed by atoms with Gasteiger partial charge >= 0.3 is 24.1 Å². The molecule has 490 valence electrons. The molecule has 1 saturated carbocycles. The summed E-state index contributed by atoms with van der Waals surface area (Å²) >= 11 is 0. The maximum absolute atomic E-state index is 15.1. The number of nitrogens with zero attached hydrogens (tertiary/aromatic N) is 3. The minimum absolute atomic E-state index is 0.00653. The second-order valence-electron chi connectivity index (χ2n) is 25.4. The van der Waals surface area contributed by atoms with Gasteiger partial charge < -0.3 is 87.5 Å². The molecule has 18 atom stereocenters. The van der Waals surface area contributed by atoms with E-state index in [1.54, 1.807) is 46.1 Å². The number of carboxylic acids is 1. The van der Waals surface area contributed by atoms with Gasteiger partial charge in [0.05, 0.1) is 73.6 Å². The zero-order valence-electron chi connectivity index (χ0n) is 52.9. The lowest BCUT2D eigenvalue weighted by Gasteiger charge is -2.49. The zero-order chi connectivity index (χ0) is 64.0. The molecule has 1 aromatic heterocycles. The molecule has 4 saturated heterocycles. The number of ether oxygens (including phenoxy) is 11. The van der Waals surface area contributed by atoms with Gasteiger partial charge in [0.1, 0.15) is 35.7 Å². The lowest BCUT2D eigenvalue weighted by atomic mass is 9.77. The first kappa shape index (κ1) is 69.3. The summed E-state index contributed by atoms with van der Waals surface area (Å²) < 4.78 is 84.6. The first-order chi connectivity index (χ1) is 40.9. The Morgan fingerprint density at radius 3 is 2.25 bits per heavy atom. The van der Waals surface area contributed by atoms with Crippen molar-refractivity contribution in [2.75, 3.05) is 79.6 Å². The number of nitrogens with one attached hydrogen (secondary N) is 2. The number of carbonyl (C=O) groups excluding carboxylic acids is 4. The lowest BCUT2D eigenvalue weighted by molar-refractivity contribution is -0.318. The molecule has 7 rings (SSSR count). The normalized spacial score (nSPS) is 35.5. The van der Waals surface area contributed by atoms with Crippen molar-refractivity contribution in [2.45, 2.75) is 211 Å². The quantitative estimate of drug-likeness (QED) is 0.0602. The number of aromatic carboxylic acids is 1. The first-order valence-corrected chi connectivity index (χ1v) is 30.4. The predicted octanol–water partition coefficient (Wildman–Crippen LogP) is 4.77. The molecule has 5 heterocycles. The number of halogens is 1. The highest BCUT2D eigenvalue weighted by Crippen LogP contribution is 2.43. The SMILES string of the molecule is CC[C@@H]1OC(=O)[C@H](C)[C@@H](O[C@H]2C[C@@](C)(OC)[C@@H](OC(=O)CNC(=O)CCOCCOCCNc3cc4c(cc3F)c(=O)c(C(=O)O)cn4C3CC3)[C@H](C)O2)[C@@H](C)[C@@H](O[C@@H]2O[C@H](C)C[C@H](N(C)C)[C@H]2O)[C@](C)(O)C[C@H](C)CN(C)[C@H](C)[C@H]2OC(=O)O[C@]12C. The fourth-order valence-corrected chi connectivity index (χ4v) is 13.1. The number of cyclic esters (lactones) is 1. The van der Waals surface area contributed by atoms with E-state index in [9.17, 15) is 44.1 Å². The number of aliphatic hydroxyl groups excluding tert-OH is 1. The van der Waals surface area contributed by atoms with Crippen LogP contribution in [-0.2, 0) is 66.5 Å². The molecule has 5 aliphatic rings. The highest BCUT2D eigenvalue weighted by atomic mass is 19.1. The highest BCUT2D eigenvalue weighted by Gasteiger charge is 2.59. The number of likely N-dealkylation sites (N-methyl/N-ethyl adjacent to an activating group) is 2. The third kappa shape index (κ3) is 16.5. The predicted molar refractivity (Wildman–Crippen MR) is 312 cm³/mol. The number of hydrogen-bond donors (Lipinski definition) is 5. The Labute approximate surface area is 508 Å². The summed E-state index contributed by atoms with van der Waals surface area (Å²) in [5.74, 6) is -6.23. The maximum Gasteiger partial charge on any atom is 0.509 e. The van der Waals surface area contributed by atoms with Crippen LogP contribution in [0.25, 0.3) is 10.9 Å². The van der Waals surface area contributed by atoms with Crippen LogP contribution < -0.4 is 16.1 Å². The number of benzene rings is 1. The molecule has 0 bridgehead atoms. The number of carboxylic acid groups (broad SMARTS) is 1. The number of rotatable bonds is 22. The van der Waals surface area contributed by atoms with Crippen LogP contribution in [0.3, 0.4) is 0 Å². The first-order valence-electron chi connectivity index (χ1n) is 30.4. The van der Waals surface area contributed by atoms with Gasteiger partial charge in [0.2, 0.25) is 11.3 Å². The third-order valence-corrected chi connectivity index (χ3v) is 18.0. The Morgan fingerprint density at radius 1 is 0.920 bits per heavy atom. The van der Waals surface area contributed by atoms with E-state index >= 15 is 4.39 Å². The van der Waals surface area contributed by atoms with E-state index in [4.69, 9.17) is 52.1 Å². The average molecular weight is 1240 g/mol. The van der Waals surface area contributed by atoms with Crippen LogP contribution in [-0.4, -0.2) is 224 Å². The van der Waals surface area contributed by atoms with Gasteiger partial charge in [0, 0.05) is 68.7 Å². The largest absolute Gasteiger partial charge is 0.509 e. The van der Waals surface area contributed by atoms with E-state index < -0.39 is 143 Å². The number of pyridine rings is 1. The minimum atomic E-state index is -1.66. The number of fused-ring (bicyclic) bond motifs is 2. The summed E-state index contributed by atoms with van der Waals surface area (Å²) in [6, 6.07) is 1.82. The van der Waals surface area contributed by atoms with Crippen LogP contribution in [0, 0.1) is 23.6 Å². The summed E-state index contributed by atoms with van der Waals surface area (Å²) in [4.78, 5) is 82.4. The van der Waals surface area contributed by atoms with Crippen molar-refractivity contribution in [3.8, 4) is 0 Å². The second-order valence-corrected chi connectivity index (χ2v) is 25.4. The molecule has 1 amide bonds. The van der Waals surface area contributed by atoms with Gasteiger partial charge in [0.25, 0.3) is 0 Å². The Kier molecular flexibility index (Phi) is 23.3. The standard InChI is InChI=1S/C61H94FN5O20/c1-15-45-61(10)53(86-58(75)87-61)36(6)66(13)30-32(2)27-59(8,76)52(85-57-50(71)44(65(11)12)24-33(3)80-57)34(4)51(35(5)56(74)82-45)84-48-28-60(9,77-14)54(37(7)81-48)83-47(69)29-64-46(68)18-20-78-22-23-79-21-19-63-42-26-43-39(25-41(42)62)49(70)40(55(72)73)31-67(43)38-16-17-38/h25-26,31-38,44-45,48,50-54,57,63,71,76H,15-24,27-30H2,1-14H3,(H,64,68)(H,72,73)/t32-,33+,34+,35+,36+,37-,44-,45-,48-,50+,51-,52+,53+,54-,57-,59+,60+,61+/m0/s1. The number of methoxy groups -OCH3 is 1. The van der Waals surface area contributed by atoms with Crippen LogP contribution >= 0.6 is 0 Å². The van der Waals surface area contributed by atoms with Crippen molar-refractivity contribution in [2.24, 2.45) is 17.8 Å². The molecule has 2 aromatic rings. The van der Waals surface area contributed by atoms with Gasteiger partial charge in [-0.3, -0.25) is 24.1 Å². The Hall–Kier alpha value is -5.13. The summed E-state index contributed by atoms with van der Waals surface area (Å²) in [6.07, 6.45) is -6.90. The van der Waals surface area contributed by atoms with E-state index in [0.29, 0.717) is 18.5 Å². The van der Waals surface area contributed by atoms with Gasteiger partial charge in [-0.05, 0) is 120 Å². The average Bonchev–Trinajstić information content (AvgIpc) is 1.96. The molecule has 0 unspecified atom stereocenters. The summed E-state index contributed by atoms with van der Waals surface area (Å²) in [7, 11) is 7.06. The van der Waals surface area contributed by atoms with Crippen LogP contribution in [0.2, 0.25) is 0 Å². The number of aromatic nitrogens is 1. The Morgan fingerprint density at radius 2 is 1.61 bits per heavy atom. The number of aliphatic hydroxyl groups is 2. The van der Waals surface area contributed by atoms with E-state index in [1.807, 2.05) is 58.6 Å². The molecule has 0 radical (unpaired) electrons. The van der Waals surface area contributed by atoms with Gasteiger partial charge in [-0.25, -0.2) is 14.0 Å².